The number of benzene rings is 1. The van der Waals surface area contributed by atoms with Crippen molar-refractivity contribution >= 4 is 5.82 Å². The van der Waals surface area contributed by atoms with Crippen LogP contribution in [0.5, 0.6) is 0 Å². The molecule has 0 aliphatic rings. The van der Waals surface area contributed by atoms with Crippen molar-refractivity contribution in [2.45, 2.75) is 6.92 Å². The molecule has 0 amide bonds. The third kappa shape index (κ3) is 1.95. The highest BCUT2D eigenvalue weighted by molar-refractivity contribution is 5.65. The molecule has 5 heteroatoms. The van der Waals surface area contributed by atoms with Crippen LogP contribution in [-0.4, -0.2) is 4.98 Å². The molecule has 0 atom stereocenters. The summed E-state index contributed by atoms with van der Waals surface area (Å²) in [4.78, 5) is 3.77. The van der Waals surface area contributed by atoms with Gasteiger partial charge in [-0.25, -0.2) is 18.2 Å². The van der Waals surface area contributed by atoms with Crippen molar-refractivity contribution < 1.29 is 13.2 Å². The van der Waals surface area contributed by atoms with Gasteiger partial charge in [0.1, 0.15) is 5.82 Å². The minimum atomic E-state index is -1.48. The highest BCUT2D eigenvalue weighted by Crippen LogP contribution is 2.27. The number of rotatable bonds is 1. The quantitative estimate of drug-likeness (QED) is 0.775. The predicted octanol–water partition coefficient (Wildman–Crippen LogP) is 3.06. The number of halogens is 3. The Morgan fingerprint density at radius 2 is 1.76 bits per heavy atom. The molecule has 0 saturated heterocycles. The van der Waals surface area contributed by atoms with Crippen LogP contribution in [0.4, 0.5) is 19.0 Å². The van der Waals surface area contributed by atoms with Gasteiger partial charge in [-0.3, -0.25) is 0 Å². The van der Waals surface area contributed by atoms with E-state index in [9.17, 15) is 13.2 Å². The number of aryl methyl sites for hydroxylation is 1. The molecular formula is C12H9F3N2. The van der Waals surface area contributed by atoms with Crippen LogP contribution in [0.15, 0.2) is 24.4 Å². The van der Waals surface area contributed by atoms with Crippen LogP contribution < -0.4 is 5.73 Å². The molecule has 17 heavy (non-hydrogen) atoms. The maximum absolute atomic E-state index is 13.6. The lowest BCUT2D eigenvalue weighted by Gasteiger charge is -2.07. The first kappa shape index (κ1) is 11.4. The lowest BCUT2D eigenvalue weighted by atomic mass is 10.0. The molecule has 0 fully saturated rings. The van der Waals surface area contributed by atoms with Crippen LogP contribution in [0, 0.1) is 24.4 Å². The predicted molar refractivity (Wildman–Crippen MR) is 58.7 cm³/mol. The van der Waals surface area contributed by atoms with E-state index in [1.807, 2.05) is 0 Å². The van der Waals surface area contributed by atoms with Crippen molar-refractivity contribution in [3.63, 3.8) is 0 Å². The van der Waals surface area contributed by atoms with E-state index < -0.39 is 17.5 Å². The molecule has 0 aliphatic heterocycles. The van der Waals surface area contributed by atoms with Gasteiger partial charge in [-0.2, -0.15) is 0 Å². The molecule has 0 bridgehead atoms. The maximum Gasteiger partial charge on any atom is 0.195 e. The average Bonchev–Trinajstić information content (AvgIpc) is 2.32. The fraction of sp³-hybridized carbons (Fsp3) is 0.0833. The van der Waals surface area contributed by atoms with Gasteiger partial charge in [0.2, 0.25) is 0 Å². The second kappa shape index (κ2) is 4.08. The van der Waals surface area contributed by atoms with Gasteiger partial charge >= 0.3 is 0 Å². The van der Waals surface area contributed by atoms with Crippen molar-refractivity contribution in [3.05, 3.63) is 47.4 Å². The molecule has 2 nitrogen and oxygen atoms in total. The Hall–Kier alpha value is -2.04. The van der Waals surface area contributed by atoms with Crippen molar-refractivity contribution in [1.29, 1.82) is 0 Å². The van der Waals surface area contributed by atoms with Crippen molar-refractivity contribution in [1.82, 2.24) is 4.98 Å². The summed E-state index contributed by atoms with van der Waals surface area (Å²) < 4.78 is 39.9. The fourth-order valence-corrected chi connectivity index (χ4v) is 1.51. The van der Waals surface area contributed by atoms with Crippen LogP contribution in [0.3, 0.4) is 0 Å². The molecule has 2 aromatic rings. The number of anilines is 1. The topological polar surface area (TPSA) is 38.9 Å². The molecule has 0 spiro atoms. The van der Waals surface area contributed by atoms with Gasteiger partial charge in [0.25, 0.3) is 0 Å². The molecule has 0 aliphatic carbocycles. The lowest BCUT2D eigenvalue weighted by molar-refractivity contribution is 0.445. The van der Waals surface area contributed by atoms with Crippen LogP contribution in [0.25, 0.3) is 11.1 Å². The largest absolute Gasteiger partial charge is 0.384 e. The summed E-state index contributed by atoms with van der Waals surface area (Å²) in [6.45, 7) is 1.37. The van der Waals surface area contributed by atoms with E-state index in [0.29, 0.717) is 5.56 Å². The van der Waals surface area contributed by atoms with Gasteiger partial charge in [-0.15, -0.1) is 0 Å². The zero-order chi connectivity index (χ0) is 12.6. The molecule has 1 aromatic carbocycles. The molecule has 1 aromatic heterocycles. The molecule has 2 rings (SSSR count). The minimum Gasteiger partial charge on any atom is -0.384 e. The van der Waals surface area contributed by atoms with E-state index in [-0.39, 0.29) is 16.9 Å². The molecule has 0 radical (unpaired) electrons. The third-order valence-corrected chi connectivity index (χ3v) is 2.43. The van der Waals surface area contributed by atoms with Crippen LogP contribution in [0.2, 0.25) is 0 Å². The summed E-state index contributed by atoms with van der Waals surface area (Å²) in [6, 6.07) is 4.20. The number of nitrogens with zero attached hydrogens (tertiary/aromatic N) is 1. The van der Waals surface area contributed by atoms with Crippen molar-refractivity contribution in [2.75, 3.05) is 5.73 Å². The molecule has 1 heterocycles. The number of hydrogen-bond acceptors (Lipinski definition) is 2. The summed E-state index contributed by atoms with van der Waals surface area (Å²) in [6.07, 6.45) is 1.31. The summed E-state index contributed by atoms with van der Waals surface area (Å²) in [7, 11) is 0. The van der Waals surface area contributed by atoms with Gasteiger partial charge in [-0.1, -0.05) is 0 Å². The minimum absolute atomic E-state index is 0.0334. The number of pyridine rings is 1. The molecule has 0 saturated carbocycles. The average molecular weight is 238 g/mol. The van der Waals surface area contributed by atoms with Gasteiger partial charge in [-0.05, 0) is 30.7 Å². The van der Waals surface area contributed by atoms with Crippen molar-refractivity contribution in [3.8, 4) is 11.1 Å². The SMILES string of the molecule is Cc1cc(-c2ccc(N)nc2)c(F)c(F)c1F. The Morgan fingerprint density at radius 3 is 2.35 bits per heavy atom. The summed E-state index contributed by atoms with van der Waals surface area (Å²) in [5.41, 5.74) is 5.74. The first-order valence-corrected chi connectivity index (χ1v) is 4.86. The monoisotopic (exact) mass is 238 g/mol. The Labute approximate surface area is 95.9 Å². The first-order valence-electron chi connectivity index (χ1n) is 4.86. The number of nitrogen functional groups attached to an aromatic ring is 1. The van der Waals surface area contributed by atoms with Gasteiger partial charge in [0, 0.05) is 17.3 Å². The second-order valence-electron chi connectivity index (χ2n) is 3.65. The molecular weight excluding hydrogens is 229 g/mol. The second-order valence-corrected chi connectivity index (χ2v) is 3.65. The van der Waals surface area contributed by atoms with Crippen LogP contribution in [0.1, 0.15) is 5.56 Å². The van der Waals surface area contributed by atoms with Crippen LogP contribution >= 0.6 is 0 Å². The molecule has 2 N–H and O–H groups in total. The third-order valence-electron chi connectivity index (χ3n) is 2.43. The van der Waals surface area contributed by atoms with E-state index in [4.69, 9.17) is 5.73 Å². The Kier molecular flexibility index (Phi) is 2.75. The fourth-order valence-electron chi connectivity index (χ4n) is 1.51. The lowest BCUT2D eigenvalue weighted by Crippen LogP contribution is -1.98. The van der Waals surface area contributed by atoms with E-state index >= 15 is 0 Å². The first-order chi connectivity index (χ1) is 8.00. The summed E-state index contributed by atoms with van der Waals surface area (Å²) in [5, 5.41) is 0. The summed E-state index contributed by atoms with van der Waals surface area (Å²) in [5.74, 6) is -3.60. The van der Waals surface area contributed by atoms with Gasteiger partial charge in [0.05, 0.1) is 0 Å². The molecule has 88 valence electrons. The highest BCUT2D eigenvalue weighted by Gasteiger charge is 2.17. The Morgan fingerprint density at radius 1 is 1.06 bits per heavy atom. The maximum atomic E-state index is 13.6. The number of hydrogen-bond donors (Lipinski definition) is 1. The Balaban J connectivity index is 2.64. The van der Waals surface area contributed by atoms with Gasteiger partial charge < -0.3 is 5.73 Å². The summed E-state index contributed by atoms with van der Waals surface area (Å²) >= 11 is 0. The van der Waals surface area contributed by atoms with Crippen LogP contribution in [-0.2, 0) is 0 Å². The highest BCUT2D eigenvalue weighted by atomic mass is 19.2. The zero-order valence-electron chi connectivity index (χ0n) is 8.97. The van der Waals surface area contributed by atoms with Gasteiger partial charge in [0.15, 0.2) is 17.5 Å². The Bertz CT molecular complexity index is 565. The van der Waals surface area contributed by atoms with E-state index in [1.165, 1.54) is 31.3 Å². The van der Waals surface area contributed by atoms with E-state index in [0.717, 1.165) is 0 Å². The zero-order valence-corrected chi connectivity index (χ0v) is 8.97. The van der Waals surface area contributed by atoms with Crippen molar-refractivity contribution in [2.24, 2.45) is 0 Å². The molecule has 0 unspecified atom stereocenters. The smallest absolute Gasteiger partial charge is 0.195 e. The van der Waals surface area contributed by atoms with E-state index in [2.05, 4.69) is 4.98 Å². The van der Waals surface area contributed by atoms with E-state index in [1.54, 1.807) is 0 Å². The normalized spacial score (nSPS) is 10.6. The standard InChI is InChI=1S/C12H9F3N2/c1-6-4-8(11(14)12(15)10(6)13)7-2-3-9(16)17-5-7/h2-5H,1H3,(H2,16,17). The number of aromatic nitrogens is 1. The number of nitrogens with two attached hydrogens (primary N) is 1.